The van der Waals surface area contributed by atoms with Crippen LogP contribution in [-0.2, 0) is 9.53 Å². The summed E-state index contributed by atoms with van der Waals surface area (Å²) in [4.78, 5) is 11.2. The molecule has 1 fully saturated rings. The minimum Gasteiger partial charge on any atom is -0.461 e. The van der Waals surface area contributed by atoms with Gasteiger partial charge < -0.3 is 4.74 Å². The molecule has 0 radical (unpaired) electrons. The van der Waals surface area contributed by atoms with Crippen LogP contribution < -0.4 is 0 Å². The summed E-state index contributed by atoms with van der Waals surface area (Å²) >= 11 is 0. The topological polar surface area (TPSA) is 26.3 Å². The fourth-order valence-electron chi connectivity index (χ4n) is 1.84. The van der Waals surface area contributed by atoms with E-state index in [1.807, 2.05) is 18.2 Å². The molecule has 1 aliphatic rings. The summed E-state index contributed by atoms with van der Waals surface area (Å²) in [6.07, 6.45) is 5.73. The molecule has 1 heterocycles. The van der Waals surface area contributed by atoms with Crippen LogP contribution in [0.15, 0.2) is 35.9 Å². The van der Waals surface area contributed by atoms with Gasteiger partial charge in [-0.2, -0.15) is 0 Å². The average Bonchev–Trinajstić information content (AvgIpc) is 2.30. The molecule has 16 heavy (non-hydrogen) atoms. The Bertz CT molecular complexity index is 379. The van der Waals surface area contributed by atoms with Gasteiger partial charge in [0.1, 0.15) is 6.61 Å². The van der Waals surface area contributed by atoms with Crippen molar-refractivity contribution in [3.05, 3.63) is 41.5 Å². The van der Waals surface area contributed by atoms with E-state index in [-0.39, 0.29) is 5.97 Å². The number of carbonyl (C=O) groups excluding carboxylic acids is 1. The molecule has 0 spiro atoms. The predicted octanol–water partition coefficient (Wildman–Crippen LogP) is 3.19. The van der Waals surface area contributed by atoms with Crippen LogP contribution in [0.25, 0.3) is 6.08 Å². The highest BCUT2D eigenvalue weighted by Crippen LogP contribution is 2.17. The van der Waals surface area contributed by atoms with E-state index >= 15 is 0 Å². The molecule has 1 aliphatic heterocycles. The van der Waals surface area contributed by atoms with Crippen molar-refractivity contribution in [1.82, 2.24) is 0 Å². The van der Waals surface area contributed by atoms with Crippen molar-refractivity contribution in [3.8, 4) is 0 Å². The summed E-state index contributed by atoms with van der Waals surface area (Å²) in [5.41, 5.74) is 2.38. The van der Waals surface area contributed by atoms with Crippen LogP contribution in [0.5, 0.6) is 0 Å². The van der Waals surface area contributed by atoms with E-state index in [1.165, 1.54) is 11.1 Å². The second-order valence-electron chi connectivity index (χ2n) is 4.08. The van der Waals surface area contributed by atoms with Crippen LogP contribution in [0.2, 0.25) is 0 Å². The molecule has 1 saturated heterocycles. The second kappa shape index (κ2) is 5.50. The lowest BCUT2D eigenvalue weighted by Gasteiger charge is -2.12. The molecule has 0 aromatic heterocycles. The molecule has 0 unspecified atom stereocenters. The van der Waals surface area contributed by atoms with Crippen molar-refractivity contribution in [2.45, 2.75) is 25.7 Å². The van der Waals surface area contributed by atoms with E-state index in [0.29, 0.717) is 13.0 Å². The molecule has 0 N–H and O–H groups in total. The molecule has 0 amide bonds. The number of hydrogen-bond donors (Lipinski definition) is 0. The van der Waals surface area contributed by atoms with Gasteiger partial charge in [-0.05, 0) is 30.4 Å². The smallest absolute Gasteiger partial charge is 0.306 e. The number of hydrogen-bond acceptors (Lipinski definition) is 2. The van der Waals surface area contributed by atoms with Gasteiger partial charge >= 0.3 is 5.97 Å². The minimum absolute atomic E-state index is 0.0707. The Labute approximate surface area is 95.9 Å². The first-order valence-electron chi connectivity index (χ1n) is 5.75. The minimum atomic E-state index is -0.0707. The van der Waals surface area contributed by atoms with Crippen LogP contribution in [0.1, 0.15) is 31.2 Å². The third-order valence-corrected chi connectivity index (χ3v) is 2.72. The summed E-state index contributed by atoms with van der Waals surface area (Å²) in [5, 5.41) is 0. The van der Waals surface area contributed by atoms with Crippen molar-refractivity contribution < 1.29 is 9.53 Å². The Hall–Kier alpha value is -1.57. The van der Waals surface area contributed by atoms with Crippen molar-refractivity contribution >= 4 is 12.0 Å². The Kier molecular flexibility index (Phi) is 3.76. The summed E-state index contributed by atoms with van der Waals surface area (Å²) in [6.45, 7) is 0.452. The van der Waals surface area contributed by atoms with Crippen LogP contribution in [0.4, 0.5) is 0 Å². The highest BCUT2D eigenvalue weighted by molar-refractivity contribution is 5.70. The molecule has 1 aromatic carbocycles. The van der Waals surface area contributed by atoms with Crippen LogP contribution in [0, 0.1) is 0 Å². The maximum Gasteiger partial charge on any atom is 0.306 e. The number of carbonyl (C=O) groups is 1. The van der Waals surface area contributed by atoms with Gasteiger partial charge in [-0.15, -0.1) is 0 Å². The molecular weight excluding hydrogens is 200 g/mol. The zero-order valence-corrected chi connectivity index (χ0v) is 9.32. The van der Waals surface area contributed by atoms with Gasteiger partial charge in [0.05, 0.1) is 0 Å². The van der Waals surface area contributed by atoms with Crippen molar-refractivity contribution in [2.75, 3.05) is 6.61 Å². The highest BCUT2D eigenvalue weighted by atomic mass is 16.5. The number of esters is 1. The predicted molar refractivity (Wildman–Crippen MR) is 63.8 cm³/mol. The number of ether oxygens (including phenoxy) is 1. The van der Waals surface area contributed by atoms with Crippen molar-refractivity contribution in [3.63, 3.8) is 0 Å². The third-order valence-electron chi connectivity index (χ3n) is 2.72. The number of cyclic esters (lactones) is 1. The first-order valence-corrected chi connectivity index (χ1v) is 5.75. The van der Waals surface area contributed by atoms with Crippen molar-refractivity contribution in [1.29, 1.82) is 0 Å². The zero-order chi connectivity index (χ0) is 11.2. The van der Waals surface area contributed by atoms with Gasteiger partial charge in [-0.25, -0.2) is 0 Å². The van der Waals surface area contributed by atoms with Gasteiger partial charge in [-0.1, -0.05) is 36.4 Å². The highest BCUT2D eigenvalue weighted by Gasteiger charge is 2.09. The molecule has 1 aromatic rings. The summed E-state index contributed by atoms with van der Waals surface area (Å²) in [6, 6.07) is 10.2. The van der Waals surface area contributed by atoms with Crippen LogP contribution in [-0.4, -0.2) is 12.6 Å². The fourth-order valence-corrected chi connectivity index (χ4v) is 1.84. The zero-order valence-electron chi connectivity index (χ0n) is 9.32. The van der Waals surface area contributed by atoms with Crippen LogP contribution in [0.3, 0.4) is 0 Å². The van der Waals surface area contributed by atoms with E-state index in [0.717, 1.165) is 19.3 Å². The molecule has 0 aliphatic carbocycles. The maximum atomic E-state index is 11.2. The third kappa shape index (κ3) is 3.23. The molecule has 0 atom stereocenters. The summed E-state index contributed by atoms with van der Waals surface area (Å²) in [7, 11) is 0. The summed E-state index contributed by atoms with van der Waals surface area (Å²) < 4.78 is 5.16. The lowest BCUT2D eigenvalue weighted by molar-refractivity contribution is -0.143. The van der Waals surface area contributed by atoms with Gasteiger partial charge in [0.15, 0.2) is 0 Å². The molecule has 2 nitrogen and oxygen atoms in total. The fraction of sp³-hybridized carbons (Fsp3) is 0.357. The number of rotatable bonds is 1. The lowest BCUT2D eigenvalue weighted by Crippen LogP contribution is -2.10. The van der Waals surface area contributed by atoms with Gasteiger partial charge in [0.2, 0.25) is 0 Å². The van der Waals surface area contributed by atoms with E-state index in [9.17, 15) is 4.79 Å². The molecule has 0 bridgehead atoms. The average molecular weight is 216 g/mol. The normalized spacial score (nSPS) is 20.0. The number of benzene rings is 1. The Morgan fingerprint density at radius 1 is 1.06 bits per heavy atom. The maximum absolute atomic E-state index is 11.2. The first kappa shape index (κ1) is 10.9. The Morgan fingerprint density at radius 2 is 1.81 bits per heavy atom. The van der Waals surface area contributed by atoms with Crippen molar-refractivity contribution in [2.24, 2.45) is 0 Å². The molecular formula is C14H16O2. The quantitative estimate of drug-likeness (QED) is 0.674. The van der Waals surface area contributed by atoms with Crippen LogP contribution >= 0.6 is 0 Å². The molecule has 84 valence electrons. The van der Waals surface area contributed by atoms with E-state index in [2.05, 4.69) is 18.2 Å². The van der Waals surface area contributed by atoms with Gasteiger partial charge in [0, 0.05) is 6.42 Å². The Morgan fingerprint density at radius 3 is 2.62 bits per heavy atom. The van der Waals surface area contributed by atoms with Gasteiger partial charge in [-0.3, -0.25) is 4.79 Å². The molecule has 0 saturated carbocycles. The summed E-state index contributed by atoms with van der Waals surface area (Å²) in [5.74, 6) is -0.0707. The second-order valence-corrected chi connectivity index (χ2v) is 4.08. The Balaban J connectivity index is 2.07. The standard InChI is InChI=1S/C14H16O2/c15-14-9-5-4-8-13(11-16-14)10-12-6-2-1-3-7-12/h1-3,6-7,10H,4-5,8-9,11H2/b13-10-. The molecule has 2 heteroatoms. The molecule has 2 rings (SSSR count). The SMILES string of the molecule is O=C1CCCC/C(=C/c2ccccc2)CO1. The van der Waals surface area contributed by atoms with E-state index in [1.54, 1.807) is 0 Å². The van der Waals surface area contributed by atoms with Gasteiger partial charge in [0.25, 0.3) is 0 Å². The van der Waals surface area contributed by atoms with E-state index in [4.69, 9.17) is 4.74 Å². The lowest BCUT2D eigenvalue weighted by atomic mass is 10.0. The monoisotopic (exact) mass is 216 g/mol. The first-order chi connectivity index (χ1) is 7.84. The van der Waals surface area contributed by atoms with E-state index < -0.39 is 0 Å². The largest absolute Gasteiger partial charge is 0.461 e.